The van der Waals surface area contributed by atoms with Crippen LogP contribution in [0.5, 0.6) is 0 Å². The van der Waals surface area contributed by atoms with E-state index in [1.165, 1.54) is 23.7 Å². The standard InChI is InChI=1S/C25H25N7O5/c1-27-22-21(23(34)28(2)25(27)35)31(16-20(33)17-6-4-3-5-7-17)24(26-22)30-14-12-29(13-15-30)18-8-10-19(11-9-18)32(36)37/h3-11H,12-16H2,1-2H3. The van der Waals surface area contributed by atoms with Crippen LogP contribution in [0.25, 0.3) is 11.2 Å². The molecule has 37 heavy (non-hydrogen) atoms. The number of carbonyl (C=O) groups is 1. The molecule has 0 N–H and O–H groups in total. The molecule has 0 saturated carbocycles. The first-order chi connectivity index (χ1) is 17.8. The number of nitro groups is 1. The highest BCUT2D eigenvalue weighted by Gasteiger charge is 2.27. The van der Waals surface area contributed by atoms with E-state index in [9.17, 15) is 24.5 Å². The van der Waals surface area contributed by atoms with Crippen LogP contribution in [0.2, 0.25) is 0 Å². The van der Waals surface area contributed by atoms with Crippen LogP contribution in [0.1, 0.15) is 10.4 Å². The van der Waals surface area contributed by atoms with Gasteiger partial charge in [0.2, 0.25) is 5.95 Å². The summed E-state index contributed by atoms with van der Waals surface area (Å²) in [6, 6.07) is 15.2. The number of ketones is 1. The van der Waals surface area contributed by atoms with E-state index in [2.05, 4.69) is 9.88 Å². The largest absolute Gasteiger partial charge is 0.368 e. The van der Waals surface area contributed by atoms with Crippen LogP contribution >= 0.6 is 0 Å². The zero-order chi connectivity index (χ0) is 26.3. The normalized spacial score (nSPS) is 13.8. The fourth-order valence-corrected chi connectivity index (χ4v) is 4.63. The van der Waals surface area contributed by atoms with Crippen LogP contribution in [0.3, 0.4) is 0 Å². The first-order valence-electron chi connectivity index (χ1n) is 11.7. The summed E-state index contributed by atoms with van der Waals surface area (Å²) < 4.78 is 3.94. The predicted octanol–water partition coefficient (Wildman–Crippen LogP) is 1.55. The van der Waals surface area contributed by atoms with Crippen molar-refractivity contribution in [2.45, 2.75) is 6.54 Å². The Morgan fingerprint density at radius 1 is 0.919 bits per heavy atom. The van der Waals surface area contributed by atoms with Crippen molar-refractivity contribution in [3.8, 4) is 0 Å². The highest BCUT2D eigenvalue weighted by molar-refractivity contribution is 5.97. The van der Waals surface area contributed by atoms with Crippen molar-refractivity contribution < 1.29 is 9.72 Å². The third kappa shape index (κ3) is 4.26. The van der Waals surface area contributed by atoms with E-state index < -0.39 is 16.2 Å². The van der Waals surface area contributed by atoms with Crippen molar-refractivity contribution in [2.75, 3.05) is 36.0 Å². The van der Waals surface area contributed by atoms with E-state index in [0.717, 1.165) is 10.3 Å². The van der Waals surface area contributed by atoms with Crippen LogP contribution in [-0.2, 0) is 20.6 Å². The van der Waals surface area contributed by atoms with E-state index in [-0.39, 0.29) is 29.2 Å². The summed E-state index contributed by atoms with van der Waals surface area (Å²) in [7, 11) is 2.96. The van der Waals surface area contributed by atoms with Gasteiger partial charge in [0.15, 0.2) is 16.9 Å². The molecule has 12 nitrogen and oxygen atoms in total. The summed E-state index contributed by atoms with van der Waals surface area (Å²) >= 11 is 0. The summed E-state index contributed by atoms with van der Waals surface area (Å²) in [5.74, 6) is 0.266. The van der Waals surface area contributed by atoms with Gasteiger partial charge in [-0.25, -0.2) is 4.79 Å². The summed E-state index contributed by atoms with van der Waals surface area (Å²) in [6.07, 6.45) is 0. The Kier molecular flexibility index (Phi) is 6.07. The molecule has 190 valence electrons. The van der Waals surface area contributed by atoms with E-state index in [0.29, 0.717) is 37.7 Å². The fourth-order valence-electron chi connectivity index (χ4n) is 4.63. The molecular weight excluding hydrogens is 478 g/mol. The number of hydrogen-bond donors (Lipinski definition) is 0. The van der Waals surface area contributed by atoms with Crippen molar-refractivity contribution in [1.82, 2.24) is 18.7 Å². The number of rotatable bonds is 6. The highest BCUT2D eigenvalue weighted by atomic mass is 16.6. The van der Waals surface area contributed by atoms with Gasteiger partial charge in [0.25, 0.3) is 11.2 Å². The number of fused-ring (bicyclic) bond motifs is 1. The lowest BCUT2D eigenvalue weighted by Gasteiger charge is -2.36. The summed E-state index contributed by atoms with van der Waals surface area (Å²) in [5, 5.41) is 11.0. The molecule has 0 bridgehead atoms. The lowest BCUT2D eigenvalue weighted by atomic mass is 10.1. The molecular formula is C25H25N7O5. The number of aryl methyl sites for hydroxylation is 1. The molecule has 4 aromatic rings. The molecule has 1 fully saturated rings. The number of aromatic nitrogens is 4. The monoisotopic (exact) mass is 503 g/mol. The number of benzene rings is 2. The first-order valence-corrected chi connectivity index (χ1v) is 11.7. The van der Waals surface area contributed by atoms with Crippen LogP contribution in [0.4, 0.5) is 17.3 Å². The zero-order valence-corrected chi connectivity index (χ0v) is 20.4. The predicted molar refractivity (Wildman–Crippen MR) is 139 cm³/mol. The summed E-state index contributed by atoms with van der Waals surface area (Å²) in [6.45, 7) is 2.17. The zero-order valence-electron chi connectivity index (χ0n) is 20.4. The summed E-state index contributed by atoms with van der Waals surface area (Å²) in [4.78, 5) is 58.2. The Balaban J connectivity index is 1.50. The van der Waals surface area contributed by atoms with Gasteiger partial charge in [-0.3, -0.25) is 33.4 Å². The number of nitrogens with zero attached hydrogens (tertiary/aromatic N) is 7. The van der Waals surface area contributed by atoms with Gasteiger partial charge in [0, 0.05) is 63.7 Å². The molecule has 1 saturated heterocycles. The third-order valence-corrected chi connectivity index (χ3v) is 6.71. The molecule has 0 unspecified atom stereocenters. The Morgan fingerprint density at radius 3 is 2.16 bits per heavy atom. The van der Waals surface area contributed by atoms with Gasteiger partial charge in [-0.1, -0.05) is 30.3 Å². The number of hydrogen-bond acceptors (Lipinski definition) is 8. The van der Waals surface area contributed by atoms with Gasteiger partial charge in [-0.2, -0.15) is 4.98 Å². The lowest BCUT2D eigenvalue weighted by molar-refractivity contribution is -0.384. The molecule has 5 rings (SSSR count). The average molecular weight is 504 g/mol. The molecule has 0 atom stereocenters. The lowest BCUT2D eigenvalue weighted by Crippen LogP contribution is -2.47. The van der Waals surface area contributed by atoms with Crippen molar-refractivity contribution >= 4 is 34.3 Å². The van der Waals surface area contributed by atoms with Crippen LogP contribution in [0, 0.1) is 10.1 Å². The van der Waals surface area contributed by atoms with E-state index in [4.69, 9.17) is 0 Å². The second-order valence-electron chi connectivity index (χ2n) is 8.91. The van der Waals surface area contributed by atoms with Gasteiger partial charge in [0.05, 0.1) is 11.5 Å². The highest BCUT2D eigenvalue weighted by Crippen LogP contribution is 2.25. The SMILES string of the molecule is Cn1c(=O)c2c(nc(N3CCN(c4ccc([N+](=O)[O-])cc4)CC3)n2CC(=O)c2ccccc2)n(C)c1=O. The number of piperazine rings is 1. The minimum Gasteiger partial charge on any atom is -0.368 e. The van der Waals surface area contributed by atoms with Crippen molar-refractivity contribution in [3.63, 3.8) is 0 Å². The van der Waals surface area contributed by atoms with Gasteiger partial charge < -0.3 is 9.80 Å². The van der Waals surface area contributed by atoms with Gasteiger partial charge in [-0.05, 0) is 12.1 Å². The maximum absolute atomic E-state index is 13.2. The molecule has 1 aliphatic heterocycles. The number of anilines is 2. The Labute approximate surface area is 210 Å². The van der Waals surface area contributed by atoms with Crippen molar-refractivity contribution in [2.24, 2.45) is 14.1 Å². The van der Waals surface area contributed by atoms with Crippen LogP contribution < -0.4 is 21.0 Å². The maximum Gasteiger partial charge on any atom is 0.332 e. The minimum absolute atomic E-state index is 0.0337. The molecule has 0 amide bonds. The maximum atomic E-state index is 13.2. The molecule has 3 heterocycles. The minimum atomic E-state index is -0.512. The molecule has 2 aromatic heterocycles. The molecule has 2 aromatic carbocycles. The first kappa shape index (κ1) is 24.0. The Bertz CT molecular complexity index is 1610. The number of nitro benzene ring substituents is 1. The van der Waals surface area contributed by atoms with Crippen LogP contribution in [-0.4, -0.2) is 55.6 Å². The average Bonchev–Trinajstić information content (AvgIpc) is 3.30. The van der Waals surface area contributed by atoms with Crippen molar-refractivity contribution in [3.05, 3.63) is 91.1 Å². The van der Waals surface area contributed by atoms with E-state index in [1.807, 2.05) is 11.0 Å². The van der Waals surface area contributed by atoms with Gasteiger partial charge >= 0.3 is 5.69 Å². The smallest absolute Gasteiger partial charge is 0.332 e. The molecule has 1 aliphatic rings. The quantitative estimate of drug-likeness (QED) is 0.220. The number of Topliss-reactive ketones (excluding diaryl/α,β-unsaturated/α-hetero) is 1. The Morgan fingerprint density at radius 2 is 1.54 bits per heavy atom. The van der Waals surface area contributed by atoms with E-state index in [1.54, 1.807) is 48.0 Å². The van der Waals surface area contributed by atoms with Crippen LogP contribution in [0.15, 0.2) is 64.2 Å². The Hall–Kier alpha value is -4.74. The molecule has 0 aliphatic carbocycles. The second kappa shape index (κ2) is 9.37. The van der Waals surface area contributed by atoms with E-state index >= 15 is 0 Å². The van der Waals surface area contributed by atoms with Gasteiger partial charge in [-0.15, -0.1) is 0 Å². The molecule has 0 radical (unpaired) electrons. The number of imidazole rings is 1. The number of carbonyl (C=O) groups excluding carboxylic acids is 1. The molecule has 12 heteroatoms. The topological polar surface area (TPSA) is 129 Å². The fraction of sp³-hybridized carbons (Fsp3) is 0.280. The second-order valence-corrected chi connectivity index (χ2v) is 8.91. The summed E-state index contributed by atoms with van der Waals surface area (Å²) in [5.41, 5.74) is 0.831. The third-order valence-electron chi connectivity index (χ3n) is 6.71. The number of non-ortho nitro benzene ring substituents is 1. The van der Waals surface area contributed by atoms with Crippen molar-refractivity contribution in [1.29, 1.82) is 0 Å². The molecule has 0 spiro atoms. The van der Waals surface area contributed by atoms with Gasteiger partial charge in [0.1, 0.15) is 0 Å².